The number of ether oxygens (including phenoxy) is 1. The smallest absolute Gasteiger partial charge is 0.305 e. The molecule has 0 fully saturated rings. The van der Waals surface area contributed by atoms with Crippen LogP contribution in [0.2, 0.25) is 0 Å². The van der Waals surface area contributed by atoms with E-state index in [2.05, 4.69) is 43.5 Å². The molecule has 0 aliphatic heterocycles. The van der Waals surface area contributed by atoms with Gasteiger partial charge in [0, 0.05) is 12.8 Å². The first kappa shape index (κ1) is 57.3. The van der Waals surface area contributed by atoms with Gasteiger partial charge in [-0.05, 0) is 77.0 Å². The summed E-state index contributed by atoms with van der Waals surface area (Å²) in [6.07, 6.45) is 57.2. The minimum absolute atomic E-state index is 0.0178. The van der Waals surface area contributed by atoms with Crippen molar-refractivity contribution in [3.05, 3.63) is 24.3 Å². The van der Waals surface area contributed by atoms with E-state index in [1.807, 2.05) is 0 Å². The summed E-state index contributed by atoms with van der Waals surface area (Å²) in [5.41, 5.74) is 0. The zero-order valence-corrected chi connectivity index (χ0v) is 39.5. The molecule has 0 rings (SSSR count). The molecule has 0 aliphatic carbocycles. The van der Waals surface area contributed by atoms with Gasteiger partial charge in [0.15, 0.2) is 0 Å². The average Bonchev–Trinajstić information content (AvgIpc) is 3.24. The predicted octanol–water partition coefficient (Wildman–Crippen LogP) is 15.5. The van der Waals surface area contributed by atoms with Gasteiger partial charge in [-0.25, -0.2) is 0 Å². The van der Waals surface area contributed by atoms with Crippen molar-refractivity contribution in [2.75, 3.05) is 13.2 Å². The first-order chi connectivity index (χ1) is 29.0. The van der Waals surface area contributed by atoms with E-state index in [9.17, 15) is 19.8 Å². The number of unbranched alkanes of at least 4 members (excludes halogenated alkanes) is 33. The van der Waals surface area contributed by atoms with Crippen LogP contribution in [0.3, 0.4) is 0 Å². The molecular weight excluding hydrogens is 731 g/mol. The minimum Gasteiger partial charge on any atom is -0.466 e. The lowest BCUT2D eigenvalue weighted by Gasteiger charge is -2.22. The van der Waals surface area contributed by atoms with Crippen molar-refractivity contribution in [3.8, 4) is 0 Å². The molecule has 2 unspecified atom stereocenters. The molecule has 348 valence electrons. The number of rotatable bonds is 48. The lowest BCUT2D eigenvalue weighted by molar-refractivity contribution is -0.143. The molecule has 3 N–H and O–H groups in total. The summed E-state index contributed by atoms with van der Waals surface area (Å²) in [5, 5.41) is 23.1. The van der Waals surface area contributed by atoms with Crippen LogP contribution < -0.4 is 5.32 Å². The van der Waals surface area contributed by atoms with E-state index in [0.29, 0.717) is 25.9 Å². The largest absolute Gasteiger partial charge is 0.466 e. The summed E-state index contributed by atoms with van der Waals surface area (Å²) < 4.78 is 5.45. The van der Waals surface area contributed by atoms with Crippen LogP contribution in [-0.4, -0.2) is 47.4 Å². The molecule has 59 heavy (non-hydrogen) atoms. The van der Waals surface area contributed by atoms with E-state index in [0.717, 1.165) is 70.6 Å². The van der Waals surface area contributed by atoms with Crippen molar-refractivity contribution >= 4 is 11.9 Å². The van der Waals surface area contributed by atoms with Crippen LogP contribution in [0.15, 0.2) is 24.3 Å². The second kappa shape index (κ2) is 49.0. The third-order valence-electron chi connectivity index (χ3n) is 12.0. The first-order valence-electron chi connectivity index (χ1n) is 26.1. The van der Waals surface area contributed by atoms with Gasteiger partial charge in [0.2, 0.25) is 5.91 Å². The van der Waals surface area contributed by atoms with E-state index in [1.165, 1.54) is 173 Å². The van der Waals surface area contributed by atoms with Crippen LogP contribution in [0.4, 0.5) is 0 Å². The van der Waals surface area contributed by atoms with Crippen molar-refractivity contribution in [1.29, 1.82) is 0 Å². The Labute approximate surface area is 367 Å². The molecule has 0 heterocycles. The van der Waals surface area contributed by atoms with Crippen LogP contribution in [0.25, 0.3) is 0 Å². The average molecular weight is 832 g/mol. The van der Waals surface area contributed by atoms with Crippen molar-refractivity contribution in [2.24, 2.45) is 0 Å². The molecule has 2 atom stereocenters. The molecule has 0 saturated heterocycles. The highest BCUT2D eigenvalue weighted by Gasteiger charge is 2.20. The van der Waals surface area contributed by atoms with E-state index in [-0.39, 0.29) is 18.5 Å². The highest BCUT2D eigenvalue weighted by molar-refractivity contribution is 5.76. The summed E-state index contributed by atoms with van der Waals surface area (Å²) in [6.45, 7) is 4.90. The van der Waals surface area contributed by atoms with Gasteiger partial charge >= 0.3 is 5.97 Å². The van der Waals surface area contributed by atoms with Crippen LogP contribution >= 0.6 is 0 Å². The summed E-state index contributed by atoms with van der Waals surface area (Å²) in [7, 11) is 0. The number of aliphatic hydroxyl groups excluding tert-OH is 2. The quantitative estimate of drug-likeness (QED) is 0.0322. The Bertz CT molecular complexity index is 920. The molecule has 1 amide bonds. The monoisotopic (exact) mass is 832 g/mol. The van der Waals surface area contributed by atoms with Gasteiger partial charge in [-0.2, -0.15) is 0 Å². The van der Waals surface area contributed by atoms with Crippen LogP contribution in [0.5, 0.6) is 0 Å². The lowest BCUT2D eigenvalue weighted by Crippen LogP contribution is -2.45. The molecule has 0 aromatic rings. The molecule has 0 aromatic carbocycles. The first-order valence-corrected chi connectivity index (χ1v) is 26.1. The maximum atomic E-state index is 12.4. The van der Waals surface area contributed by atoms with Crippen LogP contribution in [0, 0.1) is 0 Å². The topological polar surface area (TPSA) is 95.9 Å². The standard InChI is InChI=1S/C53H101NO5/c1-3-5-7-9-11-13-15-16-17-20-23-27-31-35-39-43-47-53(58)59-48-44-40-36-32-28-24-21-18-19-22-26-30-34-38-42-46-52(57)54-50(49-55)51(56)45-41-37-33-29-25-14-12-10-8-6-4-2/h17,20-21,24,50-51,55-56H,3-16,18-19,22-23,25-49H2,1-2H3,(H,54,57)/b20-17-,24-21-. The Morgan fingerprint density at radius 3 is 1.20 bits per heavy atom. The van der Waals surface area contributed by atoms with Gasteiger partial charge in [-0.3, -0.25) is 9.59 Å². The summed E-state index contributed by atoms with van der Waals surface area (Å²) in [5.74, 6) is -0.0696. The minimum atomic E-state index is -0.672. The predicted molar refractivity (Wildman–Crippen MR) is 255 cm³/mol. The number of carbonyl (C=O) groups is 2. The third kappa shape index (κ3) is 45.7. The van der Waals surface area contributed by atoms with E-state index in [1.54, 1.807) is 0 Å². The Morgan fingerprint density at radius 1 is 0.458 bits per heavy atom. The van der Waals surface area contributed by atoms with Gasteiger partial charge in [0.05, 0.1) is 25.4 Å². The molecular formula is C53H101NO5. The fourth-order valence-electron chi connectivity index (χ4n) is 7.92. The summed E-state index contributed by atoms with van der Waals surface area (Å²) in [4.78, 5) is 24.4. The van der Waals surface area contributed by atoms with Gasteiger partial charge in [0.1, 0.15) is 0 Å². The fraction of sp³-hybridized carbons (Fsp3) is 0.887. The number of carbonyl (C=O) groups excluding carboxylic acids is 2. The van der Waals surface area contributed by atoms with E-state index >= 15 is 0 Å². The van der Waals surface area contributed by atoms with Gasteiger partial charge in [0.25, 0.3) is 0 Å². The highest BCUT2D eigenvalue weighted by atomic mass is 16.5. The Balaban J connectivity index is 3.46. The van der Waals surface area contributed by atoms with Gasteiger partial charge < -0.3 is 20.3 Å². The normalized spacial score (nSPS) is 12.8. The molecule has 0 bridgehead atoms. The Kier molecular flexibility index (Phi) is 47.6. The second-order valence-corrected chi connectivity index (χ2v) is 17.8. The zero-order valence-electron chi connectivity index (χ0n) is 39.5. The number of nitrogens with one attached hydrogen (secondary N) is 1. The molecule has 0 spiro atoms. The molecule has 0 saturated carbocycles. The van der Waals surface area contributed by atoms with Crippen LogP contribution in [0.1, 0.15) is 277 Å². The highest BCUT2D eigenvalue weighted by Crippen LogP contribution is 2.16. The zero-order chi connectivity index (χ0) is 43.0. The number of aliphatic hydroxyl groups is 2. The maximum absolute atomic E-state index is 12.4. The van der Waals surface area contributed by atoms with Crippen molar-refractivity contribution in [3.63, 3.8) is 0 Å². The number of hydrogen-bond acceptors (Lipinski definition) is 5. The number of hydrogen-bond donors (Lipinski definition) is 3. The molecule has 0 aromatic heterocycles. The van der Waals surface area contributed by atoms with Crippen LogP contribution in [-0.2, 0) is 14.3 Å². The molecule has 0 aliphatic rings. The van der Waals surface area contributed by atoms with Crippen molar-refractivity contribution in [1.82, 2.24) is 5.32 Å². The Morgan fingerprint density at radius 2 is 0.797 bits per heavy atom. The number of esters is 1. The van der Waals surface area contributed by atoms with Gasteiger partial charge in [-0.15, -0.1) is 0 Å². The second-order valence-electron chi connectivity index (χ2n) is 17.8. The third-order valence-corrected chi connectivity index (χ3v) is 12.0. The molecule has 0 radical (unpaired) electrons. The van der Waals surface area contributed by atoms with Crippen molar-refractivity contribution < 1.29 is 24.5 Å². The Hall–Kier alpha value is -1.66. The summed E-state index contributed by atoms with van der Waals surface area (Å²) in [6, 6.07) is -0.551. The van der Waals surface area contributed by atoms with E-state index < -0.39 is 12.1 Å². The summed E-state index contributed by atoms with van der Waals surface area (Å²) >= 11 is 0. The SMILES string of the molecule is CCCCCCCCC/C=C\CCCCCCCC(=O)OCCCCCC/C=C\CCCCCCCCCC(=O)NC(CO)C(O)CCCCCCCCCCCCC. The molecule has 6 nitrogen and oxygen atoms in total. The number of allylic oxidation sites excluding steroid dienone is 4. The molecule has 6 heteroatoms. The fourth-order valence-corrected chi connectivity index (χ4v) is 7.92. The maximum Gasteiger partial charge on any atom is 0.305 e. The number of amides is 1. The van der Waals surface area contributed by atoms with Crippen molar-refractivity contribution in [2.45, 2.75) is 289 Å². The lowest BCUT2D eigenvalue weighted by atomic mass is 10.0. The van der Waals surface area contributed by atoms with E-state index in [4.69, 9.17) is 4.74 Å². The van der Waals surface area contributed by atoms with Gasteiger partial charge in [-0.1, -0.05) is 212 Å².